The fourth-order valence-corrected chi connectivity index (χ4v) is 3.28. The zero-order valence-corrected chi connectivity index (χ0v) is 15.3. The van der Waals surface area contributed by atoms with Gasteiger partial charge in [-0.05, 0) is 42.8 Å². The van der Waals surface area contributed by atoms with Gasteiger partial charge in [0.2, 0.25) is 0 Å². The lowest BCUT2D eigenvalue weighted by Gasteiger charge is -2.47. The second-order valence-electron chi connectivity index (χ2n) is 7.22. The van der Waals surface area contributed by atoms with E-state index in [0.717, 1.165) is 17.7 Å². The van der Waals surface area contributed by atoms with Crippen molar-refractivity contribution in [3.8, 4) is 0 Å². The number of aliphatic hydroxyl groups excluding tert-OH is 2. The SMILES string of the molecule is Cc1ccc(Nc2cc(F)ccc2C(=O)N2CC(O)(CC(O)CO)C2)c(F)c1. The molecular formula is C20H22F2N2O4. The lowest BCUT2D eigenvalue weighted by atomic mass is 9.87. The third-order valence-electron chi connectivity index (χ3n) is 4.69. The Labute approximate surface area is 161 Å². The number of anilines is 2. The normalized spacial score (nSPS) is 16.4. The maximum Gasteiger partial charge on any atom is 0.256 e. The molecule has 0 aromatic heterocycles. The van der Waals surface area contributed by atoms with Crippen LogP contribution in [0.3, 0.4) is 0 Å². The van der Waals surface area contributed by atoms with E-state index in [0.29, 0.717) is 0 Å². The number of carbonyl (C=O) groups excluding carboxylic acids is 1. The summed E-state index contributed by atoms with van der Waals surface area (Å²) in [4.78, 5) is 14.1. The van der Waals surface area contributed by atoms with Crippen LogP contribution in [0.1, 0.15) is 22.3 Å². The Kier molecular flexibility index (Phi) is 5.64. The molecule has 8 heteroatoms. The molecule has 28 heavy (non-hydrogen) atoms. The van der Waals surface area contributed by atoms with Crippen LogP contribution in [0.2, 0.25) is 0 Å². The quantitative estimate of drug-likeness (QED) is 0.603. The van der Waals surface area contributed by atoms with Crippen LogP contribution < -0.4 is 5.32 Å². The molecule has 1 aliphatic heterocycles. The molecule has 0 aliphatic carbocycles. The molecule has 2 aromatic carbocycles. The number of aryl methyl sites for hydroxylation is 1. The summed E-state index contributed by atoms with van der Waals surface area (Å²) in [7, 11) is 0. The van der Waals surface area contributed by atoms with Crippen molar-refractivity contribution in [2.24, 2.45) is 0 Å². The predicted octanol–water partition coefficient (Wildman–Crippen LogP) is 1.95. The first-order chi connectivity index (χ1) is 13.2. The summed E-state index contributed by atoms with van der Waals surface area (Å²) in [6, 6.07) is 8.05. The summed E-state index contributed by atoms with van der Waals surface area (Å²) in [5, 5.41) is 31.4. The van der Waals surface area contributed by atoms with Crippen LogP contribution in [0, 0.1) is 18.6 Å². The first kappa shape index (κ1) is 20.2. The molecule has 2 aromatic rings. The molecule has 1 saturated heterocycles. The minimum Gasteiger partial charge on any atom is -0.394 e. The Bertz CT molecular complexity index is 885. The Morgan fingerprint density at radius 3 is 2.57 bits per heavy atom. The third-order valence-corrected chi connectivity index (χ3v) is 4.69. The monoisotopic (exact) mass is 392 g/mol. The first-order valence-electron chi connectivity index (χ1n) is 8.84. The van der Waals surface area contributed by atoms with E-state index in [9.17, 15) is 23.8 Å². The van der Waals surface area contributed by atoms with Gasteiger partial charge in [0, 0.05) is 6.42 Å². The minimum atomic E-state index is -1.28. The van der Waals surface area contributed by atoms with Crippen LogP contribution in [0.25, 0.3) is 0 Å². The van der Waals surface area contributed by atoms with E-state index in [4.69, 9.17) is 5.11 Å². The van der Waals surface area contributed by atoms with Gasteiger partial charge in [0.1, 0.15) is 17.2 Å². The van der Waals surface area contributed by atoms with Crippen molar-refractivity contribution < 1.29 is 28.9 Å². The first-order valence-corrected chi connectivity index (χ1v) is 8.84. The summed E-state index contributed by atoms with van der Waals surface area (Å²) in [5.41, 5.74) is -0.209. The fraction of sp³-hybridized carbons (Fsp3) is 0.350. The highest BCUT2D eigenvalue weighted by Crippen LogP contribution is 2.31. The van der Waals surface area contributed by atoms with Crippen LogP contribution in [0.4, 0.5) is 20.2 Å². The van der Waals surface area contributed by atoms with Gasteiger partial charge in [-0.3, -0.25) is 4.79 Å². The highest BCUT2D eigenvalue weighted by Gasteiger charge is 2.45. The average Bonchev–Trinajstić information content (AvgIpc) is 2.61. The molecule has 1 heterocycles. The van der Waals surface area contributed by atoms with E-state index < -0.39 is 35.9 Å². The number of hydrogen-bond acceptors (Lipinski definition) is 5. The number of carbonyl (C=O) groups is 1. The van der Waals surface area contributed by atoms with Crippen LogP contribution in [0.15, 0.2) is 36.4 Å². The molecule has 1 amide bonds. The largest absolute Gasteiger partial charge is 0.394 e. The molecule has 1 aliphatic rings. The number of likely N-dealkylation sites (tertiary alicyclic amines) is 1. The molecule has 0 radical (unpaired) electrons. The predicted molar refractivity (Wildman–Crippen MR) is 99.4 cm³/mol. The van der Waals surface area contributed by atoms with Crippen molar-refractivity contribution in [2.45, 2.75) is 25.0 Å². The molecular weight excluding hydrogens is 370 g/mol. The van der Waals surface area contributed by atoms with Crippen LogP contribution >= 0.6 is 0 Å². The maximum absolute atomic E-state index is 14.1. The standard InChI is InChI=1S/C20H22F2N2O4/c1-12-2-5-17(16(22)6-12)23-18-7-13(21)3-4-15(18)19(27)24-10-20(28,11-24)8-14(26)9-25/h2-7,14,23,25-26,28H,8-11H2,1H3. The fourth-order valence-electron chi connectivity index (χ4n) is 3.28. The molecule has 1 unspecified atom stereocenters. The zero-order chi connectivity index (χ0) is 20.5. The molecule has 0 spiro atoms. The van der Waals surface area contributed by atoms with Crippen LogP contribution in [-0.4, -0.2) is 57.5 Å². The minimum absolute atomic E-state index is 0.0292. The van der Waals surface area contributed by atoms with Gasteiger partial charge in [-0.2, -0.15) is 0 Å². The Balaban J connectivity index is 1.78. The lowest BCUT2D eigenvalue weighted by molar-refractivity contribution is -0.109. The van der Waals surface area contributed by atoms with E-state index in [1.165, 1.54) is 23.1 Å². The van der Waals surface area contributed by atoms with E-state index in [1.807, 2.05) is 0 Å². The van der Waals surface area contributed by atoms with Crippen molar-refractivity contribution >= 4 is 17.3 Å². The van der Waals surface area contributed by atoms with Crippen LogP contribution in [-0.2, 0) is 0 Å². The number of amides is 1. The molecule has 1 atom stereocenters. The highest BCUT2D eigenvalue weighted by molar-refractivity contribution is 6.01. The molecule has 150 valence electrons. The molecule has 3 rings (SSSR count). The molecule has 1 fully saturated rings. The van der Waals surface area contributed by atoms with Gasteiger partial charge in [0.05, 0.1) is 42.7 Å². The second-order valence-corrected chi connectivity index (χ2v) is 7.22. The van der Waals surface area contributed by atoms with E-state index >= 15 is 0 Å². The summed E-state index contributed by atoms with van der Waals surface area (Å²) >= 11 is 0. The van der Waals surface area contributed by atoms with Gasteiger partial charge in [-0.25, -0.2) is 8.78 Å². The maximum atomic E-state index is 14.1. The number of aliphatic hydroxyl groups is 3. The number of halogens is 2. The van der Waals surface area contributed by atoms with E-state index in [-0.39, 0.29) is 36.4 Å². The van der Waals surface area contributed by atoms with Crippen molar-refractivity contribution in [1.29, 1.82) is 0 Å². The third kappa shape index (κ3) is 4.30. The molecule has 6 nitrogen and oxygen atoms in total. The van der Waals surface area contributed by atoms with Crippen molar-refractivity contribution in [1.82, 2.24) is 4.90 Å². The Morgan fingerprint density at radius 2 is 1.93 bits per heavy atom. The summed E-state index contributed by atoms with van der Waals surface area (Å²) in [6.07, 6.45) is -1.13. The van der Waals surface area contributed by atoms with E-state index in [2.05, 4.69) is 5.32 Å². The topological polar surface area (TPSA) is 93.0 Å². The van der Waals surface area contributed by atoms with E-state index in [1.54, 1.807) is 13.0 Å². The second kappa shape index (κ2) is 7.83. The Morgan fingerprint density at radius 1 is 1.21 bits per heavy atom. The zero-order valence-electron chi connectivity index (χ0n) is 15.3. The van der Waals surface area contributed by atoms with Gasteiger partial charge in [-0.15, -0.1) is 0 Å². The van der Waals surface area contributed by atoms with Gasteiger partial charge in [0.25, 0.3) is 5.91 Å². The number of benzene rings is 2. The number of rotatable bonds is 6. The van der Waals surface area contributed by atoms with Gasteiger partial charge in [0.15, 0.2) is 0 Å². The van der Waals surface area contributed by atoms with Crippen molar-refractivity contribution in [2.75, 3.05) is 25.0 Å². The Hall–Kier alpha value is -2.55. The number of nitrogens with zero attached hydrogens (tertiary/aromatic N) is 1. The van der Waals surface area contributed by atoms with Crippen LogP contribution in [0.5, 0.6) is 0 Å². The number of nitrogens with one attached hydrogen (secondary N) is 1. The van der Waals surface area contributed by atoms with Gasteiger partial charge < -0.3 is 25.5 Å². The average molecular weight is 392 g/mol. The summed E-state index contributed by atoms with van der Waals surface area (Å²) < 4.78 is 27.9. The highest BCUT2D eigenvalue weighted by atomic mass is 19.1. The molecule has 0 saturated carbocycles. The summed E-state index contributed by atoms with van der Waals surface area (Å²) in [5.74, 6) is -1.57. The van der Waals surface area contributed by atoms with Crippen molar-refractivity contribution in [3.63, 3.8) is 0 Å². The lowest BCUT2D eigenvalue weighted by Crippen LogP contribution is -2.64. The van der Waals surface area contributed by atoms with Gasteiger partial charge >= 0.3 is 0 Å². The number of hydrogen-bond donors (Lipinski definition) is 4. The van der Waals surface area contributed by atoms with Crippen molar-refractivity contribution in [3.05, 3.63) is 59.2 Å². The smallest absolute Gasteiger partial charge is 0.256 e. The molecule has 0 bridgehead atoms. The molecule has 4 N–H and O–H groups in total. The van der Waals surface area contributed by atoms with Gasteiger partial charge in [-0.1, -0.05) is 6.07 Å². The summed E-state index contributed by atoms with van der Waals surface area (Å²) in [6.45, 7) is 1.20. The number of β-amino-alcohol motifs (C(OH)–C–C–N with tert-alkyl or cyclic N) is 1.